The Morgan fingerprint density at radius 2 is 1.81 bits per heavy atom. The van der Waals surface area contributed by atoms with E-state index in [1.165, 1.54) is 4.31 Å². The lowest BCUT2D eigenvalue weighted by atomic mass is 10.3. The first-order valence-corrected chi connectivity index (χ1v) is 9.23. The zero-order valence-electron chi connectivity index (χ0n) is 11.3. The van der Waals surface area contributed by atoms with Gasteiger partial charge in [-0.3, -0.25) is 4.31 Å². The molecule has 2 aromatic carbocycles. The normalized spacial score (nSPS) is 11.4. The van der Waals surface area contributed by atoms with E-state index in [1.807, 2.05) is 0 Å². The van der Waals surface area contributed by atoms with E-state index in [2.05, 4.69) is 31.9 Å². The molecule has 112 valence electrons. The first-order chi connectivity index (χ1) is 9.87. The number of halogens is 2. The number of sulfonamides is 1. The SMILES string of the molecule is CCN(c1ccccc1N)S(=O)(=O)c1cc(Br)ccc1Br. The van der Waals surface area contributed by atoms with Crippen molar-refractivity contribution in [1.29, 1.82) is 0 Å². The van der Waals surface area contributed by atoms with Crippen LogP contribution in [-0.4, -0.2) is 15.0 Å². The molecule has 0 amide bonds. The highest BCUT2D eigenvalue weighted by atomic mass is 79.9. The molecular formula is C14H14Br2N2O2S. The maximum atomic E-state index is 12.9. The second kappa shape index (κ2) is 6.37. The minimum absolute atomic E-state index is 0.196. The third-order valence-electron chi connectivity index (χ3n) is 2.95. The number of nitrogen functional groups attached to an aromatic ring is 1. The largest absolute Gasteiger partial charge is 0.397 e. The van der Waals surface area contributed by atoms with E-state index in [9.17, 15) is 8.42 Å². The molecular weight excluding hydrogens is 420 g/mol. The van der Waals surface area contributed by atoms with Crippen molar-refractivity contribution >= 4 is 53.3 Å². The Labute approximate surface area is 141 Å². The zero-order valence-corrected chi connectivity index (χ0v) is 15.2. The summed E-state index contributed by atoms with van der Waals surface area (Å²) in [6.45, 7) is 2.06. The van der Waals surface area contributed by atoms with Crippen LogP contribution >= 0.6 is 31.9 Å². The van der Waals surface area contributed by atoms with E-state index in [0.717, 1.165) is 0 Å². The molecule has 0 aromatic heterocycles. The molecule has 0 fully saturated rings. The molecule has 0 atom stereocenters. The summed E-state index contributed by atoms with van der Waals surface area (Å²) >= 11 is 6.60. The molecule has 0 aliphatic heterocycles. The number of benzene rings is 2. The molecule has 7 heteroatoms. The van der Waals surface area contributed by atoms with E-state index in [-0.39, 0.29) is 11.4 Å². The Morgan fingerprint density at radius 3 is 2.43 bits per heavy atom. The Kier molecular flexibility index (Phi) is 4.95. The van der Waals surface area contributed by atoms with Crippen molar-refractivity contribution in [1.82, 2.24) is 0 Å². The third kappa shape index (κ3) is 3.25. The van der Waals surface area contributed by atoms with Gasteiger partial charge in [-0.25, -0.2) is 8.42 Å². The second-order valence-corrected chi connectivity index (χ2v) is 7.90. The monoisotopic (exact) mass is 432 g/mol. The molecule has 4 nitrogen and oxygen atoms in total. The maximum Gasteiger partial charge on any atom is 0.265 e. The molecule has 0 aliphatic carbocycles. The van der Waals surface area contributed by atoms with Gasteiger partial charge in [-0.2, -0.15) is 0 Å². The average molecular weight is 434 g/mol. The van der Waals surface area contributed by atoms with Crippen LogP contribution in [0.5, 0.6) is 0 Å². The minimum Gasteiger partial charge on any atom is -0.397 e. The molecule has 21 heavy (non-hydrogen) atoms. The molecule has 0 radical (unpaired) electrons. The predicted octanol–water partition coefficient (Wildman–Crippen LogP) is 4.01. The van der Waals surface area contributed by atoms with Crippen LogP contribution in [0.25, 0.3) is 0 Å². The first kappa shape index (κ1) is 16.3. The summed E-state index contributed by atoms with van der Waals surface area (Å²) in [6.07, 6.45) is 0. The molecule has 0 bridgehead atoms. The van der Waals surface area contributed by atoms with Crippen molar-refractivity contribution in [3.05, 3.63) is 51.4 Å². The highest BCUT2D eigenvalue weighted by molar-refractivity contribution is 9.11. The van der Waals surface area contributed by atoms with Crippen LogP contribution < -0.4 is 10.0 Å². The predicted molar refractivity (Wildman–Crippen MR) is 92.9 cm³/mol. The summed E-state index contributed by atoms with van der Waals surface area (Å²) in [4.78, 5) is 0.196. The number of hydrogen-bond acceptors (Lipinski definition) is 3. The Balaban J connectivity index is 2.61. The van der Waals surface area contributed by atoms with Gasteiger partial charge in [-0.1, -0.05) is 28.1 Å². The van der Waals surface area contributed by atoms with E-state index < -0.39 is 10.0 Å². The fraction of sp³-hybridized carbons (Fsp3) is 0.143. The fourth-order valence-corrected chi connectivity index (χ4v) is 4.94. The molecule has 0 spiro atoms. The quantitative estimate of drug-likeness (QED) is 0.740. The van der Waals surface area contributed by atoms with Gasteiger partial charge in [0.05, 0.1) is 11.4 Å². The van der Waals surface area contributed by atoms with Crippen LogP contribution in [0.1, 0.15) is 6.92 Å². The molecule has 0 saturated heterocycles. The second-order valence-electron chi connectivity index (χ2n) is 4.30. The molecule has 2 N–H and O–H groups in total. The highest BCUT2D eigenvalue weighted by Crippen LogP contribution is 2.33. The molecule has 0 unspecified atom stereocenters. The summed E-state index contributed by atoms with van der Waals surface area (Å²) in [5.74, 6) is 0. The van der Waals surface area contributed by atoms with Crippen LogP contribution in [0.4, 0.5) is 11.4 Å². The van der Waals surface area contributed by atoms with E-state index in [0.29, 0.717) is 20.3 Å². The Morgan fingerprint density at radius 1 is 1.14 bits per heavy atom. The van der Waals surface area contributed by atoms with E-state index >= 15 is 0 Å². The third-order valence-corrected chi connectivity index (χ3v) is 6.33. The van der Waals surface area contributed by atoms with Gasteiger partial charge in [-0.15, -0.1) is 0 Å². The van der Waals surface area contributed by atoms with Gasteiger partial charge in [0.25, 0.3) is 10.0 Å². The van der Waals surface area contributed by atoms with E-state index in [1.54, 1.807) is 49.4 Å². The van der Waals surface area contributed by atoms with Crippen LogP contribution in [0, 0.1) is 0 Å². The van der Waals surface area contributed by atoms with Crippen molar-refractivity contribution in [3.63, 3.8) is 0 Å². The molecule has 0 heterocycles. The lowest BCUT2D eigenvalue weighted by molar-refractivity contribution is 0.591. The maximum absolute atomic E-state index is 12.9. The summed E-state index contributed by atoms with van der Waals surface area (Å²) in [5.41, 5.74) is 6.82. The van der Waals surface area contributed by atoms with Crippen molar-refractivity contribution in [2.24, 2.45) is 0 Å². The number of anilines is 2. The lowest BCUT2D eigenvalue weighted by Gasteiger charge is -2.24. The number of hydrogen-bond donors (Lipinski definition) is 1. The van der Waals surface area contributed by atoms with Gasteiger partial charge >= 0.3 is 0 Å². The fourth-order valence-electron chi connectivity index (χ4n) is 1.98. The average Bonchev–Trinajstić information content (AvgIpc) is 2.44. The van der Waals surface area contributed by atoms with Gasteiger partial charge in [0.2, 0.25) is 0 Å². The lowest BCUT2D eigenvalue weighted by Crippen LogP contribution is -2.31. The van der Waals surface area contributed by atoms with Crippen LogP contribution in [0.2, 0.25) is 0 Å². The van der Waals surface area contributed by atoms with Crippen molar-refractivity contribution in [2.45, 2.75) is 11.8 Å². The standard InChI is InChI=1S/C14H14Br2N2O2S/c1-2-18(13-6-4-3-5-12(13)17)21(19,20)14-9-10(15)7-8-11(14)16/h3-9H,2,17H2,1H3. The smallest absolute Gasteiger partial charge is 0.265 e. The number of nitrogens with zero attached hydrogens (tertiary/aromatic N) is 1. The van der Waals surface area contributed by atoms with Crippen molar-refractivity contribution in [2.75, 3.05) is 16.6 Å². The molecule has 2 aromatic rings. The Bertz CT molecular complexity index is 763. The Hall–Kier alpha value is -1.05. The van der Waals surface area contributed by atoms with Gasteiger partial charge in [0.15, 0.2) is 0 Å². The van der Waals surface area contributed by atoms with Gasteiger partial charge in [-0.05, 0) is 53.2 Å². The molecule has 0 saturated carbocycles. The number of rotatable bonds is 4. The zero-order chi connectivity index (χ0) is 15.6. The number of nitrogens with two attached hydrogens (primary N) is 1. The van der Waals surface area contributed by atoms with Gasteiger partial charge in [0.1, 0.15) is 4.90 Å². The van der Waals surface area contributed by atoms with Crippen LogP contribution in [0.15, 0.2) is 56.3 Å². The van der Waals surface area contributed by atoms with Gasteiger partial charge in [0, 0.05) is 15.5 Å². The first-order valence-electron chi connectivity index (χ1n) is 6.20. The van der Waals surface area contributed by atoms with Crippen molar-refractivity contribution in [3.8, 4) is 0 Å². The molecule has 0 aliphatic rings. The summed E-state index contributed by atoms with van der Waals surface area (Å²) < 4.78 is 28.3. The van der Waals surface area contributed by atoms with Crippen molar-refractivity contribution < 1.29 is 8.42 Å². The highest BCUT2D eigenvalue weighted by Gasteiger charge is 2.27. The van der Waals surface area contributed by atoms with Crippen LogP contribution in [-0.2, 0) is 10.0 Å². The van der Waals surface area contributed by atoms with Gasteiger partial charge < -0.3 is 5.73 Å². The summed E-state index contributed by atoms with van der Waals surface area (Å²) in [6, 6.07) is 12.0. The van der Waals surface area contributed by atoms with Crippen LogP contribution in [0.3, 0.4) is 0 Å². The minimum atomic E-state index is -3.70. The molecule has 2 rings (SSSR count). The summed E-state index contributed by atoms with van der Waals surface area (Å²) in [5, 5.41) is 0. The van der Waals surface area contributed by atoms with E-state index in [4.69, 9.17) is 5.73 Å². The number of para-hydroxylation sites is 2. The topological polar surface area (TPSA) is 63.4 Å². The summed E-state index contributed by atoms with van der Waals surface area (Å²) in [7, 11) is -3.70.